The highest BCUT2D eigenvalue weighted by molar-refractivity contribution is 5.35. The molecule has 0 bridgehead atoms. The fraction of sp³-hybridized carbons (Fsp3) is 0.733. The first-order valence-electron chi connectivity index (χ1n) is 7.66. The first-order chi connectivity index (χ1) is 9.72. The molecule has 1 aromatic heterocycles. The molecule has 1 fully saturated rings. The molecular formula is C15H26N4O. The fourth-order valence-electron chi connectivity index (χ4n) is 2.66. The van der Waals surface area contributed by atoms with E-state index in [4.69, 9.17) is 10.5 Å². The highest BCUT2D eigenvalue weighted by Gasteiger charge is 2.21. The summed E-state index contributed by atoms with van der Waals surface area (Å²) in [6.07, 6.45) is 4.52. The molecule has 1 unspecified atom stereocenters. The Hall–Kier alpha value is -1.36. The Morgan fingerprint density at radius 1 is 1.45 bits per heavy atom. The van der Waals surface area contributed by atoms with Crippen molar-refractivity contribution in [1.29, 1.82) is 0 Å². The van der Waals surface area contributed by atoms with E-state index < -0.39 is 0 Å². The average molecular weight is 278 g/mol. The summed E-state index contributed by atoms with van der Waals surface area (Å²) in [5.41, 5.74) is 6.64. The number of hydrogen-bond donors (Lipinski definition) is 1. The summed E-state index contributed by atoms with van der Waals surface area (Å²) in [5.74, 6) is 2.16. The van der Waals surface area contributed by atoms with Crippen LogP contribution in [0.5, 0.6) is 5.88 Å². The van der Waals surface area contributed by atoms with E-state index in [9.17, 15) is 0 Å². The smallest absolute Gasteiger partial charge is 0.228 e. The third-order valence-corrected chi connectivity index (χ3v) is 3.65. The lowest BCUT2D eigenvalue weighted by Crippen LogP contribution is -2.37. The zero-order valence-electron chi connectivity index (χ0n) is 12.6. The van der Waals surface area contributed by atoms with Crippen LogP contribution in [0.2, 0.25) is 0 Å². The predicted octanol–water partition coefficient (Wildman–Crippen LogP) is 2.14. The zero-order chi connectivity index (χ0) is 14.4. The van der Waals surface area contributed by atoms with Crippen molar-refractivity contribution in [2.45, 2.75) is 39.5 Å². The van der Waals surface area contributed by atoms with E-state index in [1.165, 1.54) is 12.8 Å². The molecule has 1 saturated heterocycles. The van der Waals surface area contributed by atoms with Crippen molar-refractivity contribution >= 4 is 5.95 Å². The third kappa shape index (κ3) is 4.07. The van der Waals surface area contributed by atoms with Crippen LogP contribution in [0.15, 0.2) is 6.07 Å². The Bertz CT molecular complexity index is 422. The summed E-state index contributed by atoms with van der Waals surface area (Å²) in [6, 6.07) is 1.90. The van der Waals surface area contributed by atoms with Crippen molar-refractivity contribution in [2.75, 3.05) is 31.1 Å². The number of aromatic nitrogens is 2. The minimum atomic E-state index is 0.665. The van der Waals surface area contributed by atoms with Crippen LogP contribution >= 0.6 is 0 Å². The van der Waals surface area contributed by atoms with Crippen LogP contribution in [0.1, 0.15) is 38.3 Å². The van der Waals surface area contributed by atoms with Gasteiger partial charge in [0.15, 0.2) is 0 Å². The second-order valence-electron chi connectivity index (χ2n) is 5.53. The van der Waals surface area contributed by atoms with Crippen molar-refractivity contribution < 1.29 is 4.74 Å². The first kappa shape index (κ1) is 15.0. The summed E-state index contributed by atoms with van der Waals surface area (Å²) in [6.45, 7) is 7.58. The molecule has 1 aliphatic rings. The predicted molar refractivity (Wildman–Crippen MR) is 81.2 cm³/mol. The Labute approximate surface area is 121 Å². The normalized spacial score (nSPS) is 19.1. The van der Waals surface area contributed by atoms with Gasteiger partial charge in [0.1, 0.15) is 0 Å². The number of piperidine rings is 1. The fourth-order valence-corrected chi connectivity index (χ4v) is 2.66. The van der Waals surface area contributed by atoms with Gasteiger partial charge in [-0.2, -0.15) is 4.98 Å². The molecule has 0 saturated carbocycles. The number of rotatable bonds is 6. The van der Waals surface area contributed by atoms with Crippen LogP contribution in [-0.4, -0.2) is 36.2 Å². The van der Waals surface area contributed by atoms with Gasteiger partial charge in [0.05, 0.1) is 6.61 Å². The van der Waals surface area contributed by atoms with Gasteiger partial charge in [0.25, 0.3) is 0 Å². The van der Waals surface area contributed by atoms with E-state index in [0.29, 0.717) is 18.4 Å². The van der Waals surface area contributed by atoms with Gasteiger partial charge in [-0.1, -0.05) is 6.92 Å². The topological polar surface area (TPSA) is 64.3 Å². The van der Waals surface area contributed by atoms with Gasteiger partial charge >= 0.3 is 0 Å². The standard InChI is InChI=1S/C15H26N4O/c1-3-9-20-14-10-12(2)17-15(18-14)19-8-4-5-13(11-19)6-7-16/h10,13H,3-9,11,16H2,1-2H3. The number of nitrogens with zero attached hydrogens (tertiary/aromatic N) is 3. The van der Waals surface area contributed by atoms with E-state index in [0.717, 1.165) is 44.1 Å². The molecule has 1 atom stereocenters. The molecule has 112 valence electrons. The van der Waals surface area contributed by atoms with Crippen molar-refractivity contribution in [1.82, 2.24) is 9.97 Å². The molecule has 5 nitrogen and oxygen atoms in total. The molecule has 0 spiro atoms. The maximum absolute atomic E-state index is 5.68. The molecule has 1 aromatic rings. The summed E-state index contributed by atoms with van der Waals surface area (Å²) in [4.78, 5) is 11.4. The van der Waals surface area contributed by atoms with Crippen LogP contribution < -0.4 is 15.4 Å². The second-order valence-corrected chi connectivity index (χ2v) is 5.53. The first-order valence-corrected chi connectivity index (χ1v) is 7.66. The summed E-state index contributed by atoms with van der Waals surface area (Å²) < 4.78 is 5.64. The maximum atomic E-state index is 5.68. The Morgan fingerprint density at radius 2 is 2.30 bits per heavy atom. The monoisotopic (exact) mass is 278 g/mol. The van der Waals surface area contributed by atoms with Gasteiger partial charge in [0.2, 0.25) is 11.8 Å². The number of ether oxygens (including phenoxy) is 1. The highest BCUT2D eigenvalue weighted by Crippen LogP contribution is 2.24. The highest BCUT2D eigenvalue weighted by atomic mass is 16.5. The van der Waals surface area contributed by atoms with Gasteiger partial charge < -0.3 is 15.4 Å². The molecular weight excluding hydrogens is 252 g/mol. The van der Waals surface area contributed by atoms with E-state index in [2.05, 4.69) is 21.8 Å². The van der Waals surface area contributed by atoms with E-state index in [-0.39, 0.29) is 0 Å². The molecule has 0 radical (unpaired) electrons. The largest absolute Gasteiger partial charge is 0.478 e. The third-order valence-electron chi connectivity index (χ3n) is 3.65. The van der Waals surface area contributed by atoms with Gasteiger partial charge in [-0.3, -0.25) is 0 Å². The Balaban J connectivity index is 2.08. The molecule has 0 amide bonds. The molecule has 0 aliphatic carbocycles. The lowest BCUT2D eigenvalue weighted by molar-refractivity contribution is 0.303. The van der Waals surface area contributed by atoms with Crippen LogP contribution in [-0.2, 0) is 0 Å². The summed E-state index contributed by atoms with van der Waals surface area (Å²) in [5, 5.41) is 0. The number of aryl methyl sites for hydroxylation is 1. The zero-order valence-corrected chi connectivity index (χ0v) is 12.6. The molecule has 2 rings (SSSR count). The molecule has 0 aromatic carbocycles. The van der Waals surface area contributed by atoms with E-state index in [1.54, 1.807) is 0 Å². The quantitative estimate of drug-likeness (QED) is 0.863. The number of hydrogen-bond acceptors (Lipinski definition) is 5. The minimum Gasteiger partial charge on any atom is -0.478 e. The van der Waals surface area contributed by atoms with Crippen LogP contribution in [0.4, 0.5) is 5.95 Å². The molecule has 20 heavy (non-hydrogen) atoms. The summed E-state index contributed by atoms with van der Waals surface area (Å²) >= 11 is 0. The van der Waals surface area contributed by atoms with Gasteiger partial charge in [-0.25, -0.2) is 4.98 Å². The van der Waals surface area contributed by atoms with Gasteiger partial charge in [0, 0.05) is 24.8 Å². The van der Waals surface area contributed by atoms with Gasteiger partial charge in [-0.15, -0.1) is 0 Å². The van der Waals surface area contributed by atoms with Crippen LogP contribution in [0, 0.1) is 12.8 Å². The Kier molecular flexibility index (Phi) is 5.59. The summed E-state index contributed by atoms with van der Waals surface area (Å²) in [7, 11) is 0. The Morgan fingerprint density at radius 3 is 3.05 bits per heavy atom. The number of anilines is 1. The minimum absolute atomic E-state index is 0.665. The second kappa shape index (κ2) is 7.43. The van der Waals surface area contributed by atoms with Crippen molar-refractivity contribution in [3.8, 4) is 5.88 Å². The lowest BCUT2D eigenvalue weighted by atomic mass is 9.95. The van der Waals surface area contributed by atoms with E-state index in [1.807, 2.05) is 13.0 Å². The molecule has 2 N–H and O–H groups in total. The lowest BCUT2D eigenvalue weighted by Gasteiger charge is -2.32. The van der Waals surface area contributed by atoms with Gasteiger partial charge in [-0.05, 0) is 45.1 Å². The van der Waals surface area contributed by atoms with Crippen LogP contribution in [0.3, 0.4) is 0 Å². The number of nitrogens with two attached hydrogens (primary N) is 1. The van der Waals surface area contributed by atoms with Crippen LogP contribution in [0.25, 0.3) is 0 Å². The van der Waals surface area contributed by atoms with Crippen molar-refractivity contribution in [3.05, 3.63) is 11.8 Å². The average Bonchev–Trinajstić information content (AvgIpc) is 2.45. The van der Waals surface area contributed by atoms with Crippen molar-refractivity contribution in [3.63, 3.8) is 0 Å². The molecule has 5 heteroatoms. The SMILES string of the molecule is CCCOc1cc(C)nc(N2CCCC(CCN)C2)n1. The van der Waals surface area contributed by atoms with E-state index >= 15 is 0 Å². The molecule has 1 aliphatic heterocycles. The van der Waals surface area contributed by atoms with Crippen molar-refractivity contribution in [2.24, 2.45) is 11.7 Å². The molecule has 2 heterocycles. The maximum Gasteiger partial charge on any atom is 0.228 e.